The lowest BCUT2D eigenvalue weighted by Crippen LogP contribution is -2.43. The van der Waals surface area contributed by atoms with Crippen molar-refractivity contribution in [2.24, 2.45) is 5.92 Å². The molecule has 1 aromatic carbocycles. The second-order valence-electron chi connectivity index (χ2n) is 6.44. The maximum Gasteiger partial charge on any atom is 0.0453 e. The van der Waals surface area contributed by atoms with Crippen LogP contribution in [-0.2, 0) is 6.54 Å². The van der Waals surface area contributed by atoms with Gasteiger partial charge in [0.05, 0.1) is 0 Å². The number of rotatable bonds is 3. The van der Waals surface area contributed by atoms with Gasteiger partial charge < -0.3 is 5.32 Å². The van der Waals surface area contributed by atoms with Crippen LogP contribution in [0, 0.1) is 12.8 Å². The third-order valence-corrected chi connectivity index (χ3v) is 5.16. The zero-order valence-electron chi connectivity index (χ0n) is 12.4. The molecule has 0 amide bonds. The lowest BCUT2D eigenvalue weighted by molar-refractivity contribution is 0.145. The molecule has 2 nitrogen and oxygen atoms in total. The SMILES string of the molecule is Cc1ccc(CN2CCCC(C3CCCN3)C2)c(Cl)c1. The molecule has 2 saturated heterocycles. The third-order valence-electron chi connectivity index (χ3n) is 4.81. The van der Waals surface area contributed by atoms with Gasteiger partial charge in [-0.2, -0.15) is 0 Å². The van der Waals surface area contributed by atoms with Crippen LogP contribution in [0.1, 0.15) is 36.8 Å². The Morgan fingerprint density at radius 3 is 2.95 bits per heavy atom. The van der Waals surface area contributed by atoms with Crippen LogP contribution < -0.4 is 5.32 Å². The number of hydrogen-bond donors (Lipinski definition) is 1. The van der Waals surface area contributed by atoms with E-state index in [0.717, 1.165) is 23.5 Å². The summed E-state index contributed by atoms with van der Waals surface area (Å²) < 4.78 is 0. The Morgan fingerprint density at radius 1 is 1.30 bits per heavy atom. The van der Waals surface area contributed by atoms with Gasteiger partial charge in [-0.15, -0.1) is 0 Å². The fourth-order valence-electron chi connectivity index (χ4n) is 3.70. The molecule has 20 heavy (non-hydrogen) atoms. The van der Waals surface area contributed by atoms with Crippen molar-refractivity contribution in [1.82, 2.24) is 10.2 Å². The van der Waals surface area contributed by atoms with Crippen molar-refractivity contribution in [3.8, 4) is 0 Å². The zero-order valence-corrected chi connectivity index (χ0v) is 13.1. The van der Waals surface area contributed by atoms with Gasteiger partial charge >= 0.3 is 0 Å². The van der Waals surface area contributed by atoms with E-state index < -0.39 is 0 Å². The van der Waals surface area contributed by atoms with E-state index in [-0.39, 0.29) is 0 Å². The summed E-state index contributed by atoms with van der Waals surface area (Å²) in [6, 6.07) is 7.19. The van der Waals surface area contributed by atoms with E-state index in [9.17, 15) is 0 Å². The molecule has 0 bridgehead atoms. The maximum atomic E-state index is 6.37. The predicted molar refractivity (Wildman–Crippen MR) is 85.2 cm³/mol. The highest BCUT2D eigenvalue weighted by Gasteiger charge is 2.29. The summed E-state index contributed by atoms with van der Waals surface area (Å²) in [4.78, 5) is 2.59. The lowest BCUT2D eigenvalue weighted by Gasteiger charge is -2.36. The summed E-state index contributed by atoms with van der Waals surface area (Å²) in [5.74, 6) is 0.829. The highest BCUT2D eigenvalue weighted by molar-refractivity contribution is 6.31. The smallest absolute Gasteiger partial charge is 0.0453 e. The third kappa shape index (κ3) is 3.36. The first-order valence-corrected chi connectivity index (χ1v) is 8.31. The molecule has 0 spiro atoms. The van der Waals surface area contributed by atoms with Gasteiger partial charge in [0.25, 0.3) is 0 Å². The zero-order chi connectivity index (χ0) is 13.9. The minimum atomic E-state index is 0.756. The molecular formula is C17H25ClN2. The molecule has 2 aliphatic heterocycles. The highest BCUT2D eigenvalue weighted by Crippen LogP contribution is 2.27. The van der Waals surface area contributed by atoms with Crippen LogP contribution in [0.3, 0.4) is 0 Å². The Kier molecular flexibility index (Phi) is 4.65. The average molecular weight is 293 g/mol. The maximum absolute atomic E-state index is 6.37. The second kappa shape index (κ2) is 6.46. The molecule has 0 aliphatic carbocycles. The van der Waals surface area contributed by atoms with Gasteiger partial charge in [0.15, 0.2) is 0 Å². The molecule has 0 radical (unpaired) electrons. The van der Waals surface area contributed by atoms with Gasteiger partial charge in [-0.05, 0) is 68.8 Å². The molecule has 2 atom stereocenters. The summed E-state index contributed by atoms with van der Waals surface area (Å²) >= 11 is 6.37. The standard InChI is InChI=1S/C17H25ClN2/c1-13-6-7-14(16(18)10-13)11-20-9-3-4-15(12-20)17-5-2-8-19-17/h6-7,10,15,17,19H,2-5,8-9,11-12H2,1H3. The minimum absolute atomic E-state index is 0.756. The number of piperidine rings is 1. The first-order valence-electron chi connectivity index (χ1n) is 7.93. The molecule has 1 aromatic rings. The molecule has 2 fully saturated rings. The van der Waals surface area contributed by atoms with Crippen LogP contribution in [0.2, 0.25) is 5.02 Å². The molecule has 3 rings (SSSR count). The molecule has 2 aliphatic rings. The van der Waals surface area contributed by atoms with Gasteiger partial charge in [0.2, 0.25) is 0 Å². The summed E-state index contributed by atoms with van der Waals surface area (Å²) in [6.07, 6.45) is 5.43. The molecule has 110 valence electrons. The van der Waals surface area contributed by atoms with Crippen LogP contribution in [0.5, 0.6) is 0 Å². The number of hydrogen-bond acceptors (Lipinski definition) is 2. The first kappa shape index (κ1) is 14.4. The van der Waals surface area contributed by atoms with Crippen LogP contribution in [-0.4, -0.2) is 30.6 Å². The largest absolute Gasteiger partial charge is 0.314 e. The van der Waals surface area contributed by atoms with Gasteiger partial charge in [0.1, 0.15) is 0 Å². The number of benzene rings is 1. The average Bonchev–Trinajstić information content (AvgIpc) is 2.96. The van der Waals surface area contributed by atoms with Crippen molar-refractivity contribution in [3.05, 3.63) is 34.3 Å². The van der Waals surface area contributed by atoms with E-state index in [1.165, 1.54) is 56.4 Å². The Bertz CT molecular complexity index is 454. The van der Waals surface area contributed by atoms with E-state index in [1.807, 2.05) is 0 Å². The number of halogens is 1. The highest BCUT2D eigenvalue weighted by atomic mass is 35.5. The second-order valence-corrected chi connectivity index (χ2v) is 6.84. The van der Waals surface area contributed by atoms with Gasteiger partial charge in [-0.3, -0.25) is 4.90 Å². The van der Waals surface area contributed by atoms with Crippen LogP contribution >= 0.6 is 11.6 Å². The number of likely N-dealkylation sites (tertiary alicyclic amines) is 1. The molecule has 2 heterocycles. The molecule has 1 N–H and O–H groups in total. The molecule has 0 saturated carbocycles. The normalized spacial score (nSPS) is 27.9. The van der Waals surface area contributed by atoms with Crippen molar-refractivity contribution in [2.45, 2.75) is 45.2 Å². The van der Waals surface area contributed by atoms with E-state index in [4.69, 9.17) is 11.6 Å². The predicted octanol–water partition coefficient (Wildman–Crippen LogP) is 3.61. The summed E-state index contributed by atoms with van der Waals surface area (Å²) in [5.41, 5.74) is 2.52. The van der Waals surface area contributed by atoms with Crippen molar-refractivity contribution in [2.75, 3.05) is 19.6 Å². The topological polar surface area (TPSA) is 15.3 Å². The summed E-state index contributed by atoms with van der Waals surface area (Å²) in [7, 11) is 0. The number of nitrogens with one attached hydrogen (secondary N) is 1. The van der Waals surface area contributed by atoms with Crippen molar-refractivity contribution < 1.29 is 0 Å². The number of aryl methyl sites for hydroxylation is 1. The van der Waals surface area contributed by atoms with Crippen molar-refractivity contribution in [1.29, 1.82) is 0 Å². The number of nitrogens with zero attached hydrogens (tertiary/aromatic N) is 1. The van der Waals surface area contributed by atoms with Gasteiger partial charge in [-0.25, -0.2) is 0 Å². The van der Waals surface area contributed by atoms with Gasteiger partial charge in [-0.1, -0.05) is 23.7 Å². The minimum Gasteiger partial charge on any atom is -0.314 e. The quantitative estimate of drug-likeness (QED) is 0.915. The van der Waals surface area contributed by atoms with Crippen LogP contribution in [0.25, 0.3) is 0 Å². The Labute approximate surface area is 127 Å². The Morgan fingerprint density at radius 2 is 2.20 bits per heavy atom. The first-order chi connectivity index (χ1) is 9.72. The molecule has 3 heteroatoms. The van der Waals surface area contributed by atoms with Crippen LogP contribution in [0.15, 0.2) is 18.2 Å². The van der Waals surface area contributed by atoms with Crippen LogP contribution in [0.4, 0.5) is 0 Å². The fourth-order valence-corrected chi connectivity index (χ4v) is 3.99. The summed E-state index contributed by atoms with van der Waals surface area (Å²) in [6.45, 7) is 6.75. The molecule has 2 unspecified atom stereocenters. The van der Waals surface area contributed by atoms with Crippen molar-refractivity contribution >= 4 is 11.6 Å². The van der Waals surface area contributed by atoms with E-state index in [2.05, 4.69) is 35.3 Å². The fraction of sp³-hybridized carbons (Fsp3) is 0.647. The Balaban J connectivity index is 1.62. The summed E-state index contributed by atoms with van der Waals surface area (Å²) in [5, 5.41) is 4.60. The van der Waals surface area contributed by atoms with Crippen molar-refractivity contribution in [3.63, 3.8) is 0 Å². The monoisotopic (exact) mass is 292 g/mol. The van der Waals surface area contributed by atoms with E-state index in [1.54, 1.807) is 0 Å². The Hall–Kier alpha value is -0.570. The molecular weight excluding hydrogens is 268 g/mol. The van der Waals surface area contributed by atoms with Gasteiger partial charge in [0, 0.05) is 24.2 Å². The van der Waals surface area contributed by atoms with E-state index >= 15 is 0 Å². The van der Waals surface area contributed by atoms with E-state index in [0.29, 0.717) is 0 Å². The molecule has 0 aromatic heterocycles. The lowest BCUT2D eigenvalue weighted by atomic mass is 9.89.